The number of aromatic nitrogens is 2. The van der Waals surface area contributed by atoms with Crippen molar-refractivity contribution in [2.45, 2.75) is 38.8 Å². The highest BCUT2D eigenvalue weighted by Crippen LogP contribution is 2.40. The summed E-state index contributed by atoms with van der Waals surface area (Å²) in [5.41, 5.74) is 0.0987. The Morgan fingerprint density at radius 1 is 0.689 bits per heavy atom. The summed E-state index contributed by atoms with van der Waals surface area (Å²) < 4.78 is 72.1. The smallest absolute Gasteiger partial charge is 0.404 e. The average molecular weight is 897 g/mol. The fraction of sp³-hybridized carbons (Fsp3) is 0.667. The first-order valence-corrected chi connectivity index (χ1v) is 21.1. The normalized spacial score (nSPS) is 11.4. The number of unbranched alkanes of at least 4 members (excludes halogenated alkanes) is 2. The maximum Gasteiger partial charge on any atom is 0.524 e. The van der Waals surface area contributed by atoms with E-state index in [1.165, 1.54) is 18.2 Å². The fourth-order valence-electron chi connectivity index (χ4n) is 4.76. The number of nitrogens with zero attached hydrogens (tertiary/aromatic N) is 2. The van der Waals surface area contributed by atoms with Gasteiger partial charge in [-0.2, -0.15) is 0 Å². The molecule has 0 bridgehead atoms. The fourth-order valence-corrected chi connectivity index (χ4v) is 5.20. The molecule has 0 unspecified atom stereocenters. The largest absolute Gasteiger partial charge is 0.524 e. The van der Waals surface area contributed by atoms with Crippen molar-refractivity contribution in [2.75, 3.05) is 124 Å². The van der Waals surface area contributed by atoms with Crippen molar-refractivity contribution in [1.82, 2.24) is 20.8 Å². The number of H-pyrrole nitrogens is 1. The van der Waals surface area contributed by atoms with E-state index in [0.29, 0.717) is 118 Å². The predicted molar refractivity (Wildman–Crippen MR) is 213 cm³/mol. The Morgan fingerprint density at radius 3 is 1.70 bits per heavy atom. The average Bonchev–Trinajstić information content (AvgIpc) is 3.73. The number of amides is 3. The van der Waals surface area contributed by atoms with Gasteiger partial charge in [0.25, 0.3) is 5.91 Å². The Hall–Kier alpha value is -4.20. The van der Waals surface area contributed by atoms with Gasteiger partial charge in [-0.05, 0) is 36.0 Å². The molecule has 0 atom stereocenters. The number of halogens is 1. The van der Waals surface area contributed by atoms with Gasteiger partial charge in [0.15, 0.2) is 5.69 Å². The number of aromatic amines is 1. The number of rotatable bonds is 39. The highest BCUT2D eigenvalue weighted by molar-refractivity contribution is 7.46. The van der Waals surface area contributed by atoms with E-state index in [9.17, 15) is 33.5 Å². The molecule has 0 fully saturated rings. The lowest BCUT2D eigenvalue weighted by molar-refractivity contribution is -0.389. The van der Waals surface area contributed by atoms with Gasteiger partial charge in [-0.15, -0.1) is 5.10 Å². The summed E-state index contributed by atoms with van der Waals surface area (Å²) in [4.78, 5) is 63.8. The first-order valence-electron chi connectivity index (χ1n) is 19.6. The monoisotopic (exact) mass is 896 g/mol. The number of ether oxygens (including phenoxy) is 8. The number of phosphoric acid groups is 1. The number of carbonyl (C=O) groups excluding carboxylic acids is 3. The maximum atomic E-state index is 13.2. The van der Waals surface area contributed by atoms with Crippen molar-refractivity contribution in [1.29, 1.82) is 0 Å². The number of nitrogens with one attached hydrogen (secondary N) is 4. The Bertz CT molecular complexity index is 1590. The highest BCUT2D eigenvalue weighted by atomic mass is 31.2. The zero-order valence-corrected chi connectivity index (χ0v) is 34.9. The second-order valence-corrected chi connectivity index (χ2v) is 13.7. The summed E-state index contributed by atoms with van der Waals surface area (Å²) >= 11 is 0. The topological polar surface area (TPSA) is 300 Å². The van der Waals surface area contributed by atoms with Gasteiger partial charge in [-0.3, -0.25) is 24.2 Å². The third kappa shape index (κ3) is 28.1. The SMILES string of the molecule is O=C(CCOCCOCCOCCOCCOCCOCCOCCOCCNC(=O)c1cc([N+](=O)[O-])[nH]n1)NCCCCCC(=O)Nc1ccc(OP(=O)(O)O)c(CF)c1. The first kappa shape index (κ1) is 52.9. The lowest BCUT2D eigenvalue weighted by atomic mass is 10.1. The molecule has 25 heteroatoms. The van der Waals surface area contributed by atoms with Crippen LogP contribution in [0.5, 0.6) is 5.75 Å². The summed E-state index contributed by atoms with van der Waals surface area (Å²) in [5, 5.41) is 24.3. The van der Waals surface area contributed by atoms with Crippen LogP contribution in [0.4, 0.5) is 15.9 Å². The maximum absolute atomic E-state index is 13.2. The van der Waals surface area contributed by atoms with Crippen LogP contribution >= 0.6 is 7.82 Å². The van der Waals surface area contributed by atoms with E-state index < -0.39 is 25.3 Å². The van der Waals surface area contributed by atoms with Crippen LogP contribution in [0.15, 0.2) is 24.3 Å². The van der Waals surface area contributed by atoms with Gasteiger partial charge in [0, 0.05) is 37.2 Å². The van der Waals surface area contributed by atoms with Crippen LogP contribution in [-0.2, 0) is 58.7 Å². The predicted octanol–water partition coefficient (Wildman–Crippen LogP) is 1.83. The minimum atomic E-state index is -4.84. The van der Waals surface area contributed by atoms with Crippen LogP contribution in [0.3, 0.4) is 0 Å². The van der Waals surface area contributed by atoms with Crippen LogP contribution in [0, 0.1) is 10.1 Å². The molecule has 0 saturated heterocycles. The quantitative estimate of drug-likeness (QED) is 0.0241. The number of carbonyl (C=O) groups is 3. The molecular formula is C36H58FN6O17P. The molecule has 0 saturated carbocycles. The minimum absolute atomic E-state index is 0.0749. The second kappa shape index (κ2) is 33.4. The van der Waals surface area contributed by atoms with Gasteiger partial charge in [0.1, 0.15) is 12.4 Å². The summed E-state index contributed by atoms with van der Waals surface area (Å²) in [6.45, 7) is 5.62. The molecule has 1 heterocycles. The minimum Gasteiger partial charge on any atom is -0.404 e. The van der Waals surface area contributed by atoms with Crippen molar-refractivity contribution in [3.63, 3.8) is 0 Å². The molecule has 0 radical (unpaired) electrons. The van der Waals surface area contributed by atoms with Crippen molar-refractivity contribution < 1.29 is 80.5 Å². The zero-order valence-electron chi connectivity index (χ0n) is 34.0. The van der Waals surface area contributed by atoms with Crippen molar-refractivity contribution in [3.8, 4) is 5.75 Å². The summed E-state index contributed by atoms with van der Waals surface area (Å²) in [7, 11) is -4.84. The van der Waals surface area contributed by atoms with Crippen LogP contribution in [0.2, 0.25) is 0 Å². The Morgan fingerprint density at radius 2 is 1.21 bits per heavy atom. The van der Waals surface area contributed by atoms with Crippen LogP contribution < -0.4 is 20.5 Å². The van der Waals surface area contributed by atoms with E-state index in [1.807, 2.05) is 0 Å². The van der Waals surface area contributed by atoms with Crippen molar-refractivity contribution in [2.24, 2.45) is 0 Å². The highest BCUT2D eigenvalue weighted by Gasteiger charge is 2.19. The molecule has 3 amide bonds. The van der Waals surface area contributed by atoms with Gasteiger partial charge in [0.05, 0.1) is 112 Å². The molecule has 0 aliphatic carbocycles. The Kier molecular flexibility index (Phi) is 29.0. The third-order valence-electron chi connectivity index (χ3n) is 7.71. The molecule has 6 N–H and O–H groups in total. The van der Waals surface area contributed by atoms with Crippen LogP contribution in [0.25, 0.3) is 0 Å². The number of hydrogen-bond acceptors (Lipinski definition) is 16. The van der Waals surface area contributed by atoms with Gasteiger partial charge < -0.3 is 68.5 Å². The number of nitro groups is 1. The van der Waals surface area contributed by atoms with Crippen LogP contribution in [0.1, 0.15) is 48.2 Å². The van der Waals surface area contributed by atoms with E-state index in [0.717, 1.165) is 6.07 Å². The number of hydrogen-bond donors (Lipinski definition) is 6. The number of anilines is 1. The van der Waals surface area contributed by atoms with E-state index in [2.05, 4.69) is 30.7 Å². The number of phosphoric ester groups is 1. The van der Waals surface area contributed by atoms with Crippen LogP contribution in [-0.4, -0.2) is 161 Å². The Balaban J connectivity index is 1.24. The molecule has 346 valence electrons. The molecule has 0 aliphatic rings. The van der Waals surface area contributed by atoms with Crippen molar-refractivity contribution >= 4 is 37.0 Å². The second-order valence-electron chi connectivity index (χ2n) is 12.5. The number of benzene rings is 1. The molecular weight excluding hydrogens is 838 g/mol. The third-order valence-corrected chi connectivity index (χ3v) is 8.15. The molecule has 2 aromatic rings. The molecule has 2 rings (SSSR count). The molecule has 0 spiro atoms. The van der Waals surface area contributed by atoms with E-state index in [1.54, 1.807) is 0 Å². The van der Waals surface area contributed by atoms with E-state index >= 15 is 0 Å². The molecule has 1 aromatic carbocycles. The zero-order chi connectivity index (χ0) is 44.4. The van der Waals surface area contributed by atoms with Gasteiger partial charge in [-0.25, -0.2) is 8.96 Å². The van der Waals surface area contributed by atoms with Gasteiger partial charge >= 0.3 is 13.6 Å². The Labute approximate surface area is 352 Å². The lowest BCUT2D eigenvalue weighted by Crippen LogP contribution is -2.28. The summed E-state index contributed by atoms with van der Waals surface area (Å²) in [5.74, 6) is -1.65. The molecule has 1 aromatic heterocycles. The number of alkyl halides is 1. The summed E-state index contributed by atoms with van der Waals surface area (Å²) in [6.07, 6.45) is 2.35. The standard InChI is InChI=1S/C36H58FN6O17P/c37-28-29-26-30(5-6-32(29)60-61(49,50)51)40-35(45)4-2-1-3-8-38-34(44)7-10-52-12-14-54-16-18-56-20-22-58-24-25-59-23-21-57-19-17-55-15-13-53-11-9-39-36(46)31-27-33(42-41-31)43(47)48/h5-6,26-27H,1-4,7-25,28H2,(H,38,44)(H,39,46)(H,40,45)(H,41,42)(H2,49,50,51). The first-order chi connectivity index (χ1) is 29.5. The van der Waals surface area contributed by atoms with E-state index in [4.69, 9.17) is 47.7 Å². The van der Waals surface area contributed by atoms with Crippen molar-refractivity contribution in [3.05, 3.63) is 45.6 Å². The lowest BCUT2D eigenvalue weighted by Gasteiger charge is -2.12. The molecule has 0 aliphatic heterocycles. The molecule has 23 nitrogen and oxygen atoms in total. The summed E-state index contributed by atoms with van der Waals surface area (Å²) in [6, 6.07) is 4.84. The van der Waals surface area contributed by atoms with Gasteiger partial charge in [-0.1, -0.05) is 11.5 Å². The molecule has 61 heavy (non-hydrogen) atoms. The van der Waals surface area contributed by atoms with E-state index in [-0.39, 0.29) is 72.9 Å². The van der Waals surface area contributed by atoms with Gasteiger partial charge in [0.2, 0.25) is 11.8 Å².